The van der Waals surface area contributed by atoms with Gasteiger partial charge in [0.2, 0.25) is 0 Å². The van der Waals surface area contributed by atoms with E-state index in [2.05, 4.69) is 20.6 Å². The van der Waals surface area contributed by atoms with Crippen molar-refractivity contribution in [3.05, 3.63) is 88.7 Å². The highest BCUT2D eigenvalue weighted by atomic mass is 35.5. The number of thioether (sulfide) groups is 1. The van der Waals surface area contributed by atoms with Gasteiger partial charge in [0, 0.05) is 29.1 Å². The molecule has 1 amide bonds. The van der Waals surface area contributed by atoms with Gasteiger partial charge < -0.3 is 5.32 Å². The Morgan fingerprint density at radius 2 is 1.71 bits per heavy atom. The molecule has 2 heterocycles. The third-order valence-electron chi connectivity index (χ3n) is 4.49. The Balaban J connectivity index is 1.37. The van der Waals surface area contributed by atoms with Crippen molar-refractivity contribution >= 4 is 40.7 Å². The predicted octanol–water partition coefficient (Wildman–Crippen LogP) is 3.73. The van der Waals surface area contributed by atoms with Crippen molar-refractivity contribution in [2.75, 3.05) is 12.3 Å². The first kappa shape index (κ1) is 21.0. The lowest BCUT2D eigenvalue weighted by molar-refractivity contribution is 0.0953. The van der Waals surface area contributed by atoms with Gasteiger partial charge in [0.15, 0.2) is 17.3 Å². The second kappa shape index (κ2) is 9.72. The van der Waals surface area contributed by atoms with Gasteiger partial charge in [-0.1, -0.05) is 41.6 Å². The number of benzene rings is 2. The molecule has 0 spiro atoms. The van der Waals surface area contributed by atoms with Gasteiger partial charge in [-0.25, -0.2) is 0 Å². The number of nitrogens with one attached hydrogen (secondary N) is 1. The van der Waals surface area contributed by atoms with Gasteiger partial charge in [0.05, 0.1) is 5.75 Å². The van der Waals surface area contributed by atoms with Crippen molar-refractivity contribution in [2.45, 2.75) is 11.4 Å². The van der Waals surface area contributed by atoms with Crippen molar-refractivity contribution < 1.29 is 9.59 Å². The average Bonchev–Trinajstić information content (AvgIpc) is 3.20. The summed E-state index contributed by atoms with van der Waals surface area (Å²) in [5.74, 6) is 0.746. The molecule has 0 radical (unpaired) electrons. The summed E-state index contributed by atoms with van der Waals surface area (Å²) in [5.41, 5.74) is 1.82. The fourth-order valence-corrected chi connectivity index (χ4v) is 3.76. The summed E-state index contributed by atoms with van der Waals surface area (Å²) < 4.78 is 1.64. The van der Waals surface area contributed by atoms with Crippen molar-refractivity contribution in [3.8, 4) is 0 Å². The van der Waals surface area contributed by atoms with Crippen LogP contribution in [0.2, 0.25) is 5.02 Å². The van der Waals surface area contributed by atoms with Gasteiger partial charge in [-0.2, -0.15) is 9.61 Å². The van der Waals surface area contributed by atoms with E-state index in [4.69, 9.17) is 11.6 Å². The average molecular weight is 452 g/mol. The molecule has 156 valence electrons. The highest BCUT2D eigenvalue weighted by molar-refractivity contribution is 7.99. The van der Waals surface area contributed by atoms with Gasteiger partial charge in [-0.15, -0.1) is 10.2 Å². The number of Topliss-reactive ketones (excluding diaryl/α,β-unsaturated/α-hetero) is 1. The maximum atomic E-state index is 12.4. The Labute approximate surface area is 187 Å². The summed E-state index contributed by atoms with van der Waals surface area (Å²) in [6.45, 7) is 0.405. The fourth-order valence-electron chi connectivity index (χ4n) is 2.89. The van der Waals surface area contributed by atoms with Crippen LogP contribution in [0.15, 0.2) is 71.8 Å². The molecule has 0 aliphatic carbocycles. The van der Waals surface area contributed by atoms with E-state index in [1.165, 1.54) is 11.8 Å². The first-order chi connectivity index (χ1) is 15.1. The second-order valence-corrected chi connectivity index (χ2v) is 8.08. The molecule has 31 heavy (non-hydrogen) atoms. The number of ketones is 1. The number of fused-ring (bicyclic) bond motifs is 1. The van der Waals surface area contributed by atoms with Gasteiger partial charge >= 0.3 is 0 Å². The summed E-state index contributed by atoms with van der Waals surface area (Å²) in [7, 11) is 0. The summed E-state index contributed by atoms with van der Waals surface area (Å²) in [5, 5.41) is 17.0. The van der Waals surface area contributed by atoms with Crippen LogP contribution >= 0.6 is 23.4 Å². The molecule has 4 aromatic rings. The monoisotopic (exact) mass is 451 g/mol. The zero-order valence-corrected chi connectivity index (χ0v) is 17.9. The van der Waals surface area contributed by atoms with Gasteiger partial charge in [-0.05, 0) is 48.5 Å². The zero-order valence-electron chi connectivity index (χ0n) is 16.4. The van der Waals surface area contributed by atoms with Crippen LogP contribution in [-0.2, 0) is 6.42 Å². The second-order valence-electron chi connectivity index (χ2n) is 6.65. The number of amides is 1. The Morgan fingerprint density at radius 3 is 2.48 bits per heavy atom. The molecule has 0 bridgehead atoms. The molecule has 1 N–H and O–H groups in total. The summed E-state index contributed by atoms with van der Waals surface area (Å²) in [6.07, 6.45) is 0.477. The molecule has 0 aliphatic heterocycles. The van der Waals surface area contributed by atoms with Crippen molar-refractivity contribution in [2.24, 2.45) is 0 Å². The molecule has 0 aliphatic rings. The summed E-state index contributed by atoms with van der Waals surface area (Å²) in [4.78, 5) is 24.5. The lowest BCUT2D eigenvalue weighted by atomic mass is 10.1. The molecule has 9 heteroatoms. The van der Waals surface area contributed by atoms with Crippen LogP contribution in [0.3, 0.4) is 0 Å². The van der Waals surface area contributed by atoms with Crippen LogP contribution in [-0.4, -0.2) is 43.8 Å². The van der Waals surface area contributed by atoms with Crippen molar-refractivity contribution in [3.63, 3.8) is 0 Å². The Hall–Kier alpha value is -3.23. The van der Waals surface area contributed by atoms with Crippen LogP contribution in [0.5, 0.6) is 0 Å². The predicted molar refractivity (Wildman–Crippen MR) is 120 cm³/mol. The molecule has 0 atom stereocenters. The standard InChI is InChI=1S/C22H18ClN5O2S/c23-17-8-6-15(7-9-17)18(29)14-31-21-11-10-19-25-26-20(28(19)27-21)12-13-24-22(30)16-4-2-1-3-5-16/h1-11H,12-14H2,(H,24,30). The van der Waals surface area contributed by atoms with Gasteiger partial charge in [0.1, 0.15) is 5.03 Å². The van der Waals surface area contributed by atoms with E-state index < -0.39 is 0 Å². The van der Waals surface area contributed by atoms with Crippen LogP contribution in [0, 0.1) is 0 Å². The normalized spacial score (nSPS) is 10.9. The van der Waals surface area contributed by atoms with E-state index in [0.717, 1.165) is 0 Å². The Morgan fingerprint density at radius 1 is 0.935 bits per heavy atom. The van der Waals surface area contributed by atoms with Crippen LogP contribution in [0.1, 0.15) is 26.5 Å². The van der Waals surface area contributed by atoms with E-state index in [9.17, 15) is 9.59 Å². The van der Waals surface area contributed by atoms with Crippen LogP contribution in [0.4, 0.5) is 0 Å². The fraction of sp³-hybridized carbons (Fsp3) is 0.136. The van der Waals surface area contributed by atoms with Crippen molar-refractivity contribution in [1.82, 2.24) is 25.1 Å². The minimum Gasteiger partial charge on any atom is -0.352 e. The topological polar surface area (TPSA) is 89.2 Å². The number of halogens is 1. The summed E-state index contributed by atoms with van der Waals surface area (Å²) >= 11 is 7.21. The quantitative estimate of drug-likeness (QED) is 0.324. The zero-order chi connectivity index (χ0) is 21.6. The van der Waals surface area contributed by atoms with E-state index in [-0.39, 0.29) is 17.4 Å². The minimum absolute atomic E-state index is 0.00355. The third-order valence-corrected chi connectivity index (χ3v) is 5.66. The molecule has 2 aromatic carbocycles. The molecular formula is C22H18ClN5O2S. The maximum absolute atomic E-state index is 12.4. The van der Waals surface area contributed by atoms with E-state index in [1.807, 2.05) is 24.3 Å². The highest BCUT2D eigenvalue weighted by Crippen LogP contribution is 2.18. The molecular weight excluding hydrogens is 434 g/mol. The summed E-state index contributed by atoms with van der Waals surface area (Å²) in [6, 6.07) is 19.5. The molecule has 0 saturated heterocycles. The molecule has 2 aromatic heterocycles. The smallest absolute Gasteiger partial charge is 0.251 e. The minimum atomic E-state index is -0.140. The van der Waals surface area contributed by atoms with Crippen LogP contribution in [0.25, 0.3) is 5.65 Å². The SMILES string of the molecule is O=C(CSc1ccc2nnc(CCNC(=O)c3ccccc3)n2n1)c1ccc(Cl)cc1. The first-order valence-corrected chi connectivity index (χ1v) is 10.9. The number of hydrogen-bond acceptors (Lipinski definition) is 6. The van der Waals surface area contributed by atoms with E-state index >= 15 is 0 Å². The highest BCUT2D eigenvalue weighted by Gasteiger charge is 2.11. The van der Waals surface area contributed by atoms with Gasteiger partial charge in [0.25, 0.3) is 5.91 Å². The maximum Gasteiger partial charge on any atom is 0.251 e. The molecule has 0 fully saturated rings. The number of rotatable bonds is 8. The number of carbonyl (C=O) groups excluding carboxylic acids is 2. The third kappa shape index (κ3) is 5.28. The number of nitrogens with zero attached hydrogens (tertiary/aromatic N) is 4. The Kier molecular flexibility index (Phi) is 6.59. The van der Waals surface area contributed by atoms with E-state index in [1.54, 1.807) is 47.0 Å². The lowest BCUT2D eigenvalue weighted by Crippen LogP contribution is -2.26. The Bertz CT molecular complexity index is 1210. The first-order valence-electron chi connectivity index (χ1n) is 9.56. The number of aromatic nitrogens is 4. The van der Waals surface area contributed by atoms with Crippen molar-refractivity contribution in [1.29, 1.82) is 0 Å². The number of hydrogen-bond donors (Lipinski definition) is 1. The molecule has 4 rings (SSSR count). The molecule has 0 saturated carbocycles. The molecule has 0 unspecified atom stereocenters. The molecule has 7 nitrogen and oxygen atoms in total. The van der Waals surface area contributed by atoms with E-state index in [0.29, 0.717) is 45.6 Å². The van der Waals surface area contributed by atoms with Crippen LogP contribution < -0.4 is 5.32 Å². The number of carbonyl (C=O) groups is 2. The van der Waals surface area contributed by atoms with Gasteiger partial charge in [-0.3, -0.25) is 9.59 Å². The largest absolute Gasteiger partial charge is 0.352 e. The lowest BCUT2D eigenvalue weighted by Gasteiger charge is -2.05.